The van der Waals surface area contributed by atoms with Crippen LogP contribution in [0.5, 0.6) is 5.75 Å². The molecule has 1 heterocycles. The quantitative estimate of drug-likeness (QED) is 0.802. The van der Waals surface area contributed by atoms with E-state index in [4.69, 9.17) is 0 Å². The standard InChI is InChI=1S/C23H27NO/c1-5-17-10-6-8-14-23(17,21-11-7-9-15-24-21)19-16-18(22(2,3)4)12-13-20(19)25/h6-17,25H,5H2,1-4H3. The Morgan fingerprint density at radius 1 is 1.12 bits per heavy atom. The van der Waals surface area contributed by atoms with E-state index in [0.29, 0.717) is 5.75 Å². The Balaban J connectivity index is 2.31. The fourth-order valence-electron chi connectivity index (χ4n) is 3.78. The molecule has 130 valence electrons. The van der Waals surface area contributed by atoms with Crippen molar-refractivity contribution < 1.29 is 5.11 Å². The van der Waals surface area contributed by atoms with Crippen LogP contribution in [-0.4, -0.2) is 10.1 Å². The molecule has 25 heavy (non-hydrogen) atoms. The predicted molar refractivity (Wildman–Crippen MR) is 104 cm³/mol. The SMILES string of the molecule is CCC1C=CC=CC1(c1ccccn1)c1cc(C(C)(C)C)ccc1O. The average molecular weight is 333 g/mol. The van der Waals surface area contributed by atoms with Gasteiger partial charge in [-0.15, -0.1) is 0 Å². The molecule has 2 nitrogen and oxygen atoms in total. The zero-order chi connectivity index (χ0) is 18.1. The van der Waals surface area contributed by atoms with E-state index in [-0.39, 0.29) is 11.3 Å². The summed E-state index contributed by atoms with van der Waals surface area (Å²) in [5, 5.41) is 10.8. The first-order chi connectivity index (χ1) is 11.9. The van der Waals surface area contributed by atoms with Crippen molar-refractivity contribution in [2.45, 2.75) is 44.9 Å². The lowest BCUT2D eigenvalue weighted by Crippen LogP contribution is -2.36. The lowest BCUT2D eigenvalue weighted by molar-refractivity contribution is 0.399. The molecular weight excluding hydrogens is 306 g/mol. The number of hydrogen-bond donors (Lipinski definition) is 1. The molecule has 2 atom stereocenters. The van der Waals surface area contributed by atoms with E-state index >= 15 is 0 Å². The van der Waals surface area contributed by atoms with Crippen LogP contribution in [0.4, 0.5) is 0 Å². The Morgan fingerprint density at radius 3 is 2.56 bits per heavy atom. The summed E-state index contributed by atoms with van der Waals surface area (Å²) in [5.41, 5.74) is 2.70. The van der Waals surface area contributed by atoms with Crippen molar-refractivity contribution in [3.05, 3.63) is 83.7 Å². The summed E-state index contributed by atoms with van der Waals surface area (Å²) >= 11 is 0. The molecule has 1 aliphatic rings. The van der Waals surface area contributed by atoms with Gasteiger partial charge in [0.2, 0.25) is 0 Å². The average Bonchev–Trinajstić information content (AvgIpc) is 2.61. The first-order valence-corrected chi connectivity index (χ1v) is 9.01. The third-order valence-electron chi connectivity index (χ3n) is 5.24. The second-order valence-electron chi connectivity index (χ2n) is 7.82. The highest BCUT2D eigenvalue weighted by molar-refractivity contribution is 5.54. The maximum Gasteiger partial charge on any atom is 0.120 e. The van der Waals surface area contributed by atoms with E-state index in [1.54, 1.807) is 0 Å². The first-order valence-electron chi connectivity index (χ1n) is 9.01. The zero-order valence-corrected chi connectivity index (χ0v) is 15.5. The number of allylic oxidation sites excluding steroid dienone is 4. The zero-order valence-electron chi connectivity index (χ0n) is 15.5. The Bertz CT molecular complexity index is 799. The molecular formula is C23H27NO. The lowest BCUT2D eigenvalue weighted by atomic mass is 9.64. The van der Waals surface area contributed by atoms with Crippen LogP contribution in [0.3, 0.4) is 0 Å². The Kier molecular flexibility index (Phi) is 4.55. The highest BCUT2D eigenvalue weighted by Crippen LogP contribution is 2.48. The molecule has 1 aromatic heterocycles. The van der Waals surface area contributed by atoms with Gasteiger partial charge in [-0.25, -0.2) is 0 Å². The highest BCUT2D eigenvalue weighted by Gasteiger charge is 2.42. The largest absolute Gasteiger partial charge is 0.508 e. The van der Waals surface area contributed by atoms with Gasteiger partial charge < -0.3 is 5.11 Å². The minimum Gasteiger partial charge on any atom is -0.508 e. The lowest BCUT2D eigenvalue weighted by Gasteiger charge is -2.39. The monoisotopic (exact) mass is 333 g/mol. The summed E-state index contributed by atoms with van der Waals surface area (Å²) in [6.45, 7) is 8.79. The molecule has 0 fully saturated rings. The van der Waals surface area contributed by atoms with Gasteiger partial charge in [0, 0.05) is 11.8 Å². The Morgan fingerprint density at radius 2 is 1.92 bits per heavy atom. The van der Waals surface area contributed by atoms with E-state index in [2.05, 4.69) is 69.1 Å². The number of benzene rings is 1. The van der Waals surface area contributed by atoms with E-state index in [9.17, 15) is 5.11 Å². The molecule has 1 aromatic carbocycles. The van der Waals surface area contributed by atoms with Gasteiger partial charge in [0.15, 0.2) is 0 Å². The second-order valence-corrected chi connectivity index (χ2v) is 7.82. The summed E-state index contributed by atoms with van der Waals surface area (Å²) in [4.78, 5) is 4.69. The summed E-state index contributed by atoms with van der Waals surface area (Å²) in [5.74, 6) is 0.575. The molecule has 0 amide bonds. The highest BCUT2D eigenvalue weighted by atomic mass is 16.3. The molecule has 2 unspecified atom stereocenters. The number of rotatable bonds is 3. The van der Waals surface area contributed by atoms with E-state index in [1.165, 1.54) is 5.56 Å². The van der Waals surface area contributed by atoms with Gasteiger partial charge in [-0.05, 0) is 41.5 Å². The summed E-state index contributed by atoms with van der Waals surface area (Å²) in [6, 6.07) is 12.0. The van der Waals surface area contributed by atoms with Gasteiger partial charge in [-0.1, -0.05) is 70.2 Å². The minimum atomic E-state index is -0.448. The van der Waals surface area contributed by atoms with Crippen LogP contribution in [0.15, 0.2) is 66.9 Å². The van der Waals surface area contributed by atoms with Gasteiger partial charge in [-0.3, -0.25) is 4.98 Å². The summed E-state index contributed by atoms with van der Waals surface area (Å²) < 4.78 is 0. The number of aromatic hydroxyl groups is 1. The molecule has 0 bridgehead atoms. The van der Waals surface area contributed by atoms with Crippen molar-refractivity contribution in [2.24, 2.45) is 5.92 Å². The summed E-state index contributed by atoms with van der Waals surface area (Å²) in [7, 11) is 0. The molecule has 1 N–H and O–H groups in total. The van der Waals surface area contributed by atoms with E-state index < -0.39 is 5.41 Å². The topological polar surface area (TPSA) is 33.1 Å². The molecule has 0 aliphatic heterocycles. The van der Waals surface area contributed by atoms with Crippen molar-refractivity contribution in [1.29, 1.82) is 0 Å². The van der Waals surface area contributed by atoms with Gasteiger partial charge in [0.25, 0.3) is 0 Å². The van der Waals surface area contributed by atoms with Crippen molar-refractivity contribution in [3.63, 3.8) is 0 Å². The number of pyridine rings is 1. The van der Waals surface area contributed by atoms with Crippen LogP contribution in [0.1, 0.15) is 50.9 Å². The molecule has 0 spiro atoms. The van der Waals surface area contributed by atoms with Crippen LogP contribution in [-0.2, 0) is 10.8 Å². The van der Waals surface area contributed by atoms with Gasteiger partial charge >= 0.3 is 0 Å². The minimum absolute atomic E-state index is 0.0175. The second kappa shape index (κ2) is 6.51. The Hall–Kier alpha value is -2.35. The van der Waals surface area contributed by atoms with Crippen LogP contribution >= 0.6 is 0 Å². The predicted octanol–water partition coefficient (Wildman–Crippen LogP) is 5.52. The fraction of sp³-hybridized carbons (Fsp3) is 0.348. The fourth-order valence-corrected chi connectivity index (χ4v) is 3.78. The first kappa shape index (κ1) is 17.5. The Labute approximate surface area is 150 Å². The molecule has 2 aromatic rings. The molecule has 1 aliphatic carbocycles. The number of nitrogens with zero attached hydrogens (tertiary/aromatic N) is 1. The van der Waals surface area contributed by atoms with Crippen molar-refractivity contribution in [2.75, 3.05) is 0 Å². The van der Waals surface area contributed by atoms with Gasteiger partial charge in [-0.2, -0.15) is 0 Å². The maximum absolute atomic E-state index is 10.8. The van der Waals surface area contributed by atoms with Gasteiger partial charge in [0.1, 0.15) is 5.75 Å². The maximum atomic E-state index is 10.8. The molecule has 3 rings (SSSR count). The van der Waals surface area contributed by atoms with Crippen molar-refractivity contribution >= 4 is 0 Å². The van der Waals surface area contributed by atoms with Crippen LogP contribution < -0.4 is 0 Å². The third-order valence-corrected chi connectivity index (χ3v) is 5.24. The summed E-state index contributed by atoms with van der Waals surface area (Å²) in [6.07, 6.45) is 11.4. The van der Waals surface area contributed by atoms with Gasteiger partial charge in [0.05, 0.1) is 11.1 Å². The number of phenols is 1. The smallest absolute Gasteiger partial charge is 0.120 e. The normalized spacial score (nSPS) is 23.0. The van der Waals surface area contributed by atoms with Crippen LogP contribution in [0.25, 0.3) is 0 Å². The third kappa shape index (κ3) is 3.02. The van der Waals surface area contributed by atoms with Crippen molar-refractivity contribution in [1.82, 2.24) is 4.98 Å². The molecule has 2 heteroatoms. The van der Waals surface area contributed by atoms with E-state index in [0.717, 1.165) is 17.7 Å². The number of phenolic OH excluding ortho intramolecular Hbond substituents is 1. The van der Waals surface area contributed by atoms with Crippen molar-refractivity contribution in [3.8, 4) is 5.75 Å². The molecule has 0 saturated heterocycles. The van der Waals surface area contributed by atoms with E-state index in [1.807, 2.05) is 30.5 Å². The van der Waals surface area contributed by atoms with Crippen LogP contribution in [0.2, 0.25) is 0 Å². The number of aromatic nitrogens is 1. The number of hydrogen-bond acceptors (Lipinski definition) is 2. The molecule has 0 radical (unpaired) electrons. The van der Waals surface area contributed by atoms with Crippen LogP contribution in [0, 0.1) is 5.92 Å². The molecule has 0 saturated carbocycles.